The van der Waals surface area contributed by atoms with Crippen LogP contribution in [0, 0.1) is 5.92 Å². The standard InChI is InChI=1S/C23H28N4O6S/c1-14(22(28)15-11-12-15)34(29,30)13-19-25-26-23(16-7-5-10-20(24-16)33-4)27(19)21-17(31-2)8-6-9-18(21)32-3/h5-10,14-15,22,28H,11-13H2,1-4H3/t14-,22+/m1/s1. The largest absolute Gasteiger partial charge is 0.494 e. The van der Waals surface area contributed by atoms with Gasteiger partial charge in [-0.2, -0.15) is 0 Å². The van der Waals surface area contributed by atoms with E-state index in [9.17, 15) is 13.5 Å². The first-order chi connectivity index (χ1) is 16.3. The average molecular weight is 489 g/mol. The Labute approximate surface area is 198 Å². The molecule has 1 aliphatic rings. The normalized spacial score (nSPS) is 15.6. The minimum atomic E-state index is -3.77. The monoisotopic (exact) mass is 488 g/mol. The quantitative estimate of drug-likeness (QED) is 0.458. The van der Waals surface area contributed by atoms with Gasteiger partial charge < -0.3 is 19.3 Å². The van der Waals surface area contributed by atoms with Gasteiger partial charge in [0.1, 0.15) is 28.6 Å². The van der Waals surface area contributed by atoms with Gasteiger partial charge >= 0.3 is 0 Å². The van der Waals surface area contributed by atoms with Crippen molar-refractivity contribution in [2.75, 3.05) is 21.3 Å². The molecule has 1 saturated carbocycles. The summed E-state index contributed by atoms with van der Waals surface area (Å²) in [7, 11) is 0.757. The Morgan fingerprint density at radius 2 is 1.68 bits per heavy atom. The van der Waals surface area contributed by atoms with Crippen LogP contribution in [0.4, 0.5) is 0 Å². The van der Waals surface area contributed by atoms with E-state index in [0.717, 1.165) is 12.8 Å². The summed E-state index contributed by atoms with van der Waals surface area (Å²) in [5.74, 6) is 1.28. The van der Waals surface area contributed by atoms with Crippen LogP contribution in [0.1, 0.15) is 25.6 Å². The molecule has 182 valence electrons. The zero-order valence-electron chi connectivity index (χ0n) is 19.5. The summed E-state index contributed by atoms with van der Waals surface area (Å²) in [6, 6.07) is 10.4. The predicted molar refractivity (Wildman–Crippen MR) is 125 cm³/mol. The molecule has 0 unspecified atom stereocenters. The molecular weight excluding hydrogens is 460 g/mol. The molecule has 34 heavy (non-hydrogen) atoms. The zero-order chi connectivity index (χ0) is 24.5. The second-order valence-electron chi connectivity index (χ2n) is 8.19. The van der Waals surface area contributed by atoms with Crippen LogP contribution in [0.3, 0.4) is 0 Å². The molecule has 2 atom stereocenters. The van der Waals surface area contributed by atoms with Gasteiger partial charge in [-0.1, -0.05) is 12.1 Å². The van der Waals surface area contributed by atoms with Crippen molar-refractivity contribution in [1.29, 1.82) is 0 Å². The Morgan fingerprint density at radius 1 is 1.03 bits per heavy atom. The van der Waals surface area contributed by atoms with E-state index in [1.54, 1.807) is 41.0 Å². The van der Waals surface area contributed by atoms with Crippen molar-refractivity contribution in [3.05, 3.63) is 42.2 Å². The number of benzene rings is 1. The average Bonchev–Trinajstić information content (AvgIpc) is 3.63. The second kappa shape index (κ2) is 9.59. The van der Waals surface area contributed by atoms with Crippen LogP contribution in [-0.4, -0.2) is 66.0 Å². The van der Waals surface area contributed by atoms with Crippen LogP contribution >= 0.6 is 0 Å². The number of para-hydroxylation sites is 1. The van der Waals surface area contributed by atoms with E-state index >= 15 is 0 Å². The van der Waals surface area contributed by atoms with E-state index in [4.69, 9.17) is 14.2 Å². The lowest BCUT2D eigenvalue weighted by Crippen LogP contribution is -2.34. The highest BCUT2D eigenvalue weighted by atomic mass is 32.2. The van der Waals surface area contributed by atoms with E-state index < -0.39 is 26.9 Å². The van der Waals surface area contributed by atoms with Crippen LogP contribution in [0.25, 0.3) is 17.2 Å². The van der Waals surface area contributed by atoms with Gasteiger partial charge in [-0.3, -0.25) is 4.57 Å². The van der Waals surface area contributed by atoms with Crippen LogP contribution in [0.15, 0.2) is 36.4 Å². The minimum Gasteiger partial charge on any atom is -0.494 e. The first kappa shape index (κ1) is 24.0. The van der Waals surface area contributed by atoms with Gasteiger partial charge in [0.05, 0.1) is 32.7 Å². The van der Waals surface area contributed by atoms with Gasteiger partial charge in [0, 0.05) is 6.07 Å². The molecule has 0 bridgehead atoms. The summed E-state index contributed by atoms with van der Waals surface area (Å²) >= 11 is 0. The van der Waals surface area contributed by atoms with Crippen molar-refractivity contribution in [3.8, 4) is 34.6 Å². The van der Waals surface area contributed by atoms with Gasteiger partial charge in [-0.25, -0.2) is 13.4 Å². The summed E-state index contributed by atoms with van der Waals surface area (Å²) in [5.41, 5.74) is 0.868. The SMILES string of the molecule is COc1cccc(-c2nnc(CS(=O)(=O)[C@H](C)[C@H](O)C3CC3)n2-c2c(OC)cccc2OC)n1. The molecule has 4 rings (SSSR count). The third kappa shape index (κ3) is 4.58. The minimum absolute atomic E-state index is 0.0218. The molecule has 0 aliphatic heterocycles. The lowest BCUT2D eigenvalue weighted by Gasteiger charge is -2.20. The molecule has 0 saturated heterocycles. The topological polar surface area (TPSA) is 126 Å². The van der Waals surface area contributed by atoms with Crippen molar-refractivity contribution < 1.29 is 27.7 Å². The van der Waals surface area contributed by atoms with Crippen LogP contribution in [0.5, 0.6) is 17.4 Å². The lowest BCUT2D eigenvalue weighted by atomic mass is 10.2. The maximum Gasteiger partial charge on any atom is 0.213 e. The molecule has 1 fully saturated rings. The van der Waals surface area contributed by atoms with Gasteiger partial charge in [0.25, 0.3) is 0 Å². The number of methoxy groups -OCH3 is 3. The van der Waals surface area contributed by atoms with Crippen LogP contribution in [-0.2, 0) is 15.6 Å². The van der Waals surface area contributed by atoms with E-state index in [1.165, 1.54) is 28.3 Å². The van der Waals surface area contributed by atoms with Gasteiger partial charge in [0.2, 0.25) is 5.88 Å². The van der Waals surface area contributed by atoms with Gasteiger partial charge in [0.15, 0.2) is 21.5 Å². The molecule has 0 radical (unpaired) electrons. The number of aliphatic hydroxyl groups excluding tert-OH is 1. The molecule has 2 aromatic heterocycles. The fourth-order valence-corrected chi connectivity index (χ4v) is 5.32. The predicted octanol–water partition coefficient (Wildman–Crippen LogP) is 2.43. The molecule has 1 N–H and O–H groups in total. The Kier molecular flexibility index (Phi) is 6.76. The number of rotatable bonds is 10. The Hall–Kier alpha value is -3.18. The van der Waals surface area contributed by atoms with E-state index in [2.05, 4.69) is 15.2 Å². The number of hydrogen-bond donors (Lipinski definition) is 1. The molecule has 0 spiro atoms. The number of aromatic nitrogens is 4. The van der Waals surface area contributed by atoms with Crippen molar-refractivity contribution in [2.24, 2.45) is 5.92 Å². The molecule has 1 aliphatic carbocycles. The number of ether oxygens (including phenoxy) is 3. The molecule has 3 aromatic rings. The van der Waals surface area contributed by atoms with E-state index in [0.29, 0.717) is 34.6 Å². The smallest absolute Gasteiger partial charge is 0.213 e. The van der Waals surface area contributed by atoms with Crippen LogP contribution in [0.2, 0.25) is 0 Å². The first-order valence-electron chi connectivity index (χ1n) is 10.9. The number of pyridine rings is 1. The van der Waals surface area contributed by atoms with Gasteiger partial charge in [-0.05, 0) is 43.9 Å². The number of sulfone groups is 1. The highest BCUT2D eigenvalue weighted by Gasteiger charge is 2.40. The molecule has 2 heterocycles. The summed E-state index contributed by atoms with van der Waals surface area (Å²) < 4.78 is 44.5. The van der Waals surface area contributed by atoms with E-state index in [-0.39, 0.29) is 11.7 Å². The summed E-state index contributed by atoms with van der Waals surface area (Å²) in [6.45, 7) is 1.53. The summed E-state index contributed by atoms with van der Waals surface area (Å²) in [5, 5.41) is 18.0. The maximum absolute atomic E-state index is 13.3. The number of hydrogen-bond acceptors (Lipinski definition) is 9. The molecule has 10 nitrogen and oxygen atoms in total. The molecule has 0 amide bonds. The zero-order valence-corrected chi connectivity index (χ0v) is 20.3. The lowest BCUT2D eigenvalue weighted by molar-refractivity contribution is 0.149. The fourth-order valence-electron chi connectivity index (χ4n) is 3.86. The number of aliphatic hydroxyl groups is 1. The third-order valence-corrected chi connectivity index (χ3v) is 8.07. The first-order valence-corrected chi connectivity index (χ1v) is 12.6. The highest BCUT2D eigenvalue weighted by molar-refractivity contribution is 7.91. The molecule has 11 heteroatoms. The third-order valence-electron chi connectivity index (χ3n) is 6.00. The maximum atomic E-state index is 13.3. The number of nitrogens with zero attached hydrogens (tertiary/aromatic N) is 4. The Morgan fingerprint density at radius 3 is 2.26 bits per heavy atom. The highest BCUT2D eigenvalue weighted by Crippen LogP contribution is 2.38. The van der Waals surface area contributed by atoms with Gasteiger partial charge in [-0.15, -0.1) is 10.2 Å². The molecular formula is C23H28N4O6S. The van der Waals surface area contributed by atoms with Crippen molar-refractivity contribution in [1.82, 2.24) is 19.7 Å². The van der Waals surface area contributed by atoms with Crippen molar-refractivity contribution in [3.63, 3.8) is 0 Å². The van der Waals surface area contributed by atoms with Crippen molar-refractivity contribution in [2.45, 2.75) is 36.9 Å². The summed E-state index contributed by atoms with van der Waals surface area (Å²) in [6.07, 6.45) is 0.754. The van der Waals surface area contributed by atoms with Crippen LogP contribution < -0.4 is 14.2 Å². The molecule has 1 aromatic carbocycles. The fraction of sp³-hybridized carbons (Fsp3) is 0.435. The van der Waals surface area contributed by atoms with E-state index in [1.807, 2.05) is 0 Å². The Bertz CT molecular complexity index is 1250. The second-order valence-corrected chi connectivity index (χ2v) is 10.5. The Balaban J connectivity index is 1.88. The van der Waals surface area contributed by atoms with Crippen molar-refractivity contribution >= 4 is 9.84 Å². The summed E-state index contributed by atoms with van der Waals surface area (Å²) in [4.78, 5) is 4.45.